The summed E-state index contributed by atoms with van der Waals surface area (Å²) in [7, 11) is 0. The summed E-state index contributed by atoms with van der Waals surface area (Å²) >= 11 is 0. The van der Waals surface area contributed by atoms with Crippen molar-refractivity contribution in [3.05, 3.63) is 76.6 Å². The molecule has 0 atom stereocenters. The van der Waals surface area contributed by atoms with E-state index in [2.05, 4.69) is 50.4 Å². The normalized spacial score (nSPS) is 19.1. The van der Waals surface area contributed by atoms with E-state index in [1.54, 1.807) is 0 Å². The third-order valence-corrected chi connectivity index (χ3v) is 8.24. The van der Waals surface area contributed by atoms with E-state index < -0.39 is 0 Å². The van der Waals surface area contributed by atoms with Crippen LogP contribution in [-0.2, 0) is 6.54 Å². The van der Waals surface area contributed by atoms with E-state index in [9.17, 15) is 9.90 Å². The highest BCUT2D eigenvalue weighted by Gasteiger charge is 2.24. The second kappa shape index (κ2) is 10.4. The fraction of sp³-hybridized carbons (Fsp3) is 0.433. The summed E-state index contributed by atoms with van der Waals surface area (Å²) in [5.41, 5.74) is 6.38. The summed E-state index contributed by atoms with van der Waals surface area (Å²) in [5.74, 6) is 1.05. The maximum Gasteiger partial charge on any atom is 0.326 e. The number of aliphatic hydroxyl groups is 1. The Bertz CT molecular complexity index is 1360. The number of fused-ring (bicyclic) bond motifs is 1. The quantitative estimate of drug-likeness (QED) is 0.394. The van der Waals surface area contributed by atoms with Gasteiger partial charge in [-0.3, -0.25) is 4.57 Å². The second-order valence-electron chi connectivity index (χ2n) is 10.7. The molecule has 2 aromatic carbocycles. The van der Waals surface area contributed by atoms with Crippen LogP contribution >= 0.6 is 0 Å². The molecule has 1 aromatic heterocycles. The molecule has 1 saturated heterocycles. The topological polar surface area (TPSA) is 76.5 Å². The Hall–Kier alpha value is -3.61. The van der Waals surface area contributed by atoms with Gasteiger partial charge in [0.1, 0.15) is 0 Å². The number of aromatic amines is 1. The average molecular weight is 500 g/mol. The minimum atomic E-state index is -0.00579. The molecule has 3 N–H and O–H groups in total. The molecular weight excluding hydrogens is 462 g/mol. The Morgan fingerprint density at radius 2 is 1.68 bits per heavy atom. The van der Waals surface area contributed by atoms with Crippen LogP contribution in [0.25, 0.3) is 11.0 Å². The van der Waals surface area contributed by atoms with Gasteiger partial charge in [-0.1, -0.05) is 37.5 Å². The Morgan fingerprint density at radius 1 is 0.919 bits per heavy atom. The van der Waals surface area contributed by atoms with E-state index in [0.29, 0.717) is 11.7 Å². The molecule has 2 aliphatic carbocycles. The van der Waals surface area contributed by atoms with Crippen LogP contribution in [0.3, 0.4) is 0 Å². The van der Waals surface area contributed by atoms with Crippen molar-refractivity contribution in [2.45, 2.75) is 51.5 Å². The summed E-state index contributed by atoms with van der Waals surface area (Å²) in [6, 6.07) is 14.6. The van der Waals surface area contributed by atoms with Gasteiger partial charge in [0.15, 0.2) is 0 Å². The van der Waals surface area contributed by atoms with Crippen LogP contribution in [0.1, 0.15) is 44.9 Å². The number of anilines is 3. The number of rotatable bonds is 6. The molecule has 194 valence electrons. The number of hydrogen-bond donors (Lipinski definition) is 3. The van der Waals surface area contributed by atoms with Crippen LogP contribution < -0.4 is 15.9 Å². The second-order valence-corrected chi connectivity index (χ2v) is 10.7. The number of benzene rings is 2. The third-order valence-electron chi connectivity index (χ3n) is 8.24. The molecule has 1 saturated carbocycles. The largest absolute Gasteiger partial charge is 0.512 e. The molecule has 2 fully saturated rings. The van der Waals surface area contributed by atoms with Gasteiger partial charge in [-0.2, -0.15) is 0 Å². The number of piperazine rings is 1. The molecule has 0 unspecified atom stereocenters. The molecular formula is C30H37N5O2. The molecule has 7 nitrogen and oxygen atoms in total. The molecule has 2 heterocycles. The fourth-order valence-corrected chi connectivity index (χ4v) is 6.15. The van der Waals surface area contributed by atoms with E-state index in [0.717, 1.165) is 73.7 Å². The van der Waals surface area contributed by atoms with Gasteiger partial charge in [0.2, 0.25) is 0 Å². The molecule has 1 aliphatic heterocycles. The first kappa shape index (κ1) is 23.8. The van der Waals surface area contributed by atoms with Gasteiger partial charge in [0, 0.05) is 50.5 Å². The predicted molar refractivity (Wildman–Crippen MR) is 151 cm³/mol. The average Bonchev–Trinajstić information content (AvgIpc) is 3.23. The molecule has 0 bridgehead atoms. The number of nitrogens with one attached hydrogen (secondary N) is 2. The Kier molecular flexibility index (Phi) is 6.68. The standard InChI is InChI=1S/C30H37N5O2/c36-25-13-11-24(12-14-25)33-15-17-34(18-16-33)28-20-29-27(19-26(28)31-23-9-5-2-6-10-23)32-30(37)35(29)21-22-7-3-1-4-8-22/h2,5-6,9-11,13,19-20,22,31,36H,1,3-4,7-8,12,14-18,21H2,(H,32,37). The van der Waals surface area contributed by atoms with Crippen LogP contribution in [0.4, 0.5) is 17.1 Å². The number of aliphatic hydroxyl groups excluding tert-OH is 1. The first-order valence-electron chi connectivity index (χ1n) is 13.8. The first-order valence-corrected chi connectivity index (χ1v) is 13.8. The predicted octanol–water partition coefficient (Wildman–Crippen LogP) is 5.90. The van der Waals surface area contributed by atoms with Crippen LogP contribution in [0.15, 0.2) is 70.9 Å². The minimum absolute atomic E-state index is 0.00579. The molecule has 7 heteroatoms. The highest BCUT2D eigenvalue weighted by molar-refractivity contribution is 5.90. The zero-order chi connectivity index (χ0) is 25.2. The summed E-state index contributed by atoms with van der Waals surface area (Å²) in [6.45, 7) is 4.47. The number of H-pyrrole nitrogens is 1. The lowest BCUT2D eigenvalue weighted by Crippen LogP contribution is -2.46. The van der Waals surface area contributed by atoms with Gasteiger partial charge in [0.25, 0.3) is 0 Å². The molecule has 0 radical (unpaired) electrons. The summed E-state index contributed by atoms with van der Waals surface area (Å²) in [5, 5.41) is 13.4. The van der Waals surface area contributed by atoms with Crippen molar-refractivity contribution in [1.29, 1.82) is 0 Å². The lowest BCUT2D eigenvalue weighted by Gasteiger charge is -2.39. The maximum atomic E-state index is 13.0. The smallest absolute Gasteiger partial charge is 0.326 e. The van der Waals surface area contributed by atoms with Gasteiger partial charge >= 0.3 is 5.69 Å². The molecule has 0 amide bonds. The van der Waals surface area contributed by atoms with Crippen molar-refractivity contribution < 1.29 is 5.11 Å². The van der Waals surface area contributed by atoms with Crippen LogP contribution in [-0.4, -0.2) is 45.7 Å². The van der Waals surface area contributed by atoms with Gasteiger partial charge in [-0.25, -0.2) is 4.79 Å². The van der Waals surface area contributed by atoms with Gasteiger partial charge < -0.3 is 25.2 Å². The van der Waals surface area contributed by atoms with Crippen molar-refractivity contribution in [1.82, 2.24) is 14.5 Å². The van der Waals surface area contributed by atoms with E-state index in [4.69, 9.17) is 0 Å². The van der Waals surface area contributed by atoms with Crippen LogP contribution in [0.2, 0.25) is 0 Å². The Morgan fingerprint density at radius 3 is 2.41 bits per heavy atom. The maximum absolute atomic E-state index is 13.0. The first-order chi connectivity index (χ1) is 18.1. The monoisotopic (exact) mass is 499 g/mol. The Labute approximate surface area is 218 Å². The zero-order valence-corrected chi connectivity index (χ0v) is 21.5. The van der Waals surface area contributed by atoms with E-state index in [1.165, 1.54) is 37.8 Å². The van der Waals surface area contributed by atoms with Crippen molar-refractivity contribution in [2.75, 3.05) is 36.4 Å². The van der Waals surface area contributed by atoms with Crippen LogP contribution in [0, 0.1) is 5.92 Å². The molecule has 0 spiro atoms. The van der Waals surface area contributed by atoms with Crippen molar-refractivity contribution in [3.8, 4) is 0 Å². The molecule has 6 rings (SSSR count). The Balaban J connectivity index is 1.31. The van der Waals surface area contributed by atoms with Gasteiger partial charge in [-0.15, -0.1) is 0 Å². The summed E-state index contributed by atoms with van der Waals surface area (Å²) in [4.78, 5) is 21.1. The number of imidazole rings is 1. The lowest BCUT2D eigenvalue weighted by molar-refractivity contribution is 0.300. The van der Waals surface area contributed by atoms with Crippen molar-refractivity contribution in [2.24, 2.45) is 5.92 Å². The zero-order valence-electron chi connectivity index (χ0n) is 21.5. The number of allylic oxidation sites excluding steroid dienone is 4. The van der Waals surface area contributed by atoms with Crippen LogP contribution in [0.5, 0.6) is 0 Å². The highest BCUT2D eigenvalue weighted by Crippen LogP contribution is 2.35. The van der Waals surface area contributed by atoms with Gasteiger partial charge in [0.05, 0.1) is 28.2 Å². The van der Waals surface area contributed by atoms with E-state index in [1.807, 2.05) is 28.8 Å². The summed E-state index contributed by atoms with van der Waals surface area (Å²) in [6.07, 6.45) is 11.8. The lowest BCUT2D eigenvalue weighted by atomic mass is 9.89. The molecule has 3 aliphatic rings. The molecule has 37 heavy (non-hydrogen) atoms. The number of para-hydroxylation sites is 1. The minimum Gasteiger partial charge on any atom is -0.512 e. The number of hydrogen-bond acceptors (Lipinski definition) is 5. The van der Waals surface area contributed by atoms with Gasteiger partial charge in [-0.05, 0) is 61.6 Å². The van der Waals surface area contributed by atoms with Crippen molar-refractivity contribution >= 4 is 28.1 Å². The fourth-order valence-electron chi connectivity index (χ4n) is 6.15. The summed E-state index contributed by atoms with van der Waals surface area (Å²) < 4.78 is 1.98. The molecule has 3 aromatic rings. The van der Waals surface area contributed by atoms with E-state index >= 15 is 0 Å². The number of nitrogens with zero attached hydrogens (tertiary/aromatic N) is 3. The highest BCUT2D eigenvalue weighted by atomic mass is 16.3. The third kappa shape index (κ3) is 5.13. The van der Waals surface area contributed by atoms with E-state index in [-0.39, 0.29) is 5.69 Å². The number of aromatic nitrogens is 2. The SMILES string of the molecule is O=c1[nH]c2cc(Nc3ccccc3)c(N3CCN(C4=CC=C(O)CC4)CC3)cc2n1CC1CCCCC1. The van der Waals surface area contributed by atoms with Crippen molar-refractivity contribution in [3.63, 3.8) is 0 Å².